The van der Waals surface area contributed by atoms with Crippen molar-refractivity contribution in [1.82, 2.24) is 10.6 Å². The van der Waals surface area contributed by atoms with Gasteiger partial charge < -0.3 is 20.1 Å². The summed E-state index contributed by atoms with van der Waals surface area (Å²) in [5.74, 6) is 1.51. The van der Waals surface area contributed by atoms with E-state index >= 15 is 0 Å². The van der Waals surface area contributed by atoms with Crippen molar-refractivity contribution < 1.29 is 14.3 Å². The van der Waals surface area contributed by atoms with Gasteiger partial charge in [-0.25, -0.2) is 4.99 Å². The highest BCUT2D eigenvalue weighted by Gasteiger charge is 2.04. The second-order valence-corrected chi connectivity index (χ2v) is 5.82. The number of aliphatic imine (C=N–C) groups is 1. The van der Waals surface area contributed by atoms with Crippen molar-refractivity contribution in [3.63, 3.8) is 0 Å². The Morgan fingerprint density at radius 1 is 1.15 bits per heavy atom. The normalized spacial score (nSPS) is 10.7. The van der Waals surface area contributed by atoms with Crippen molar-refractivity contribution in [2.75, 3.05) is 27.3 Å². The van der Waals surface area contributed by atoms with Crippen molar-refractivity contribution in [3.05, 3.63) is 29.3 Å². The number of benzene rings is 1. The number of nitrogens with zero attached hydrogens (tertiary/aromatic N) is 1. The van der Waals surface area contributed by atoms with E-state index in [9.17, 15) is 4.79 Å². The van der Waals surface area contributed by atoms with Crippen LogP contribution in [0, 0.1) is 6.92 Å². The monoisotopic (exact) mass is 477 g/mol. The minimum Gasteiger partial charge on any atom is -0.496 e. The number of ether oxygens (including phenoxy) is 2. The Balaban J connectivity index is 0.00000625. The summed E-state index contributed by atoms with van der Waals surface area (Å²) in [4.78, 5) is 15.7. The standard InChI is InChI=1S/C19H31N3O3.HI/c1-5-20-19(21-12-8-6-7-9-18(23)25-4)22-14-16-11-10-15(2)13-17(16)24-3;/h10-11,13H,5-9,12,14H2,1-4H3,(H2,20,21,22);1H. The van der Waals surface area contributed by atoms with Crippen molar-refractivity contribution in [3.8, 4) is 5.75 Å². The highest BCUT2D eigenvalue weighted by Crippen LogP contribution is 2.20. The first-order chi connectivity index (χ1) is 12.1. The van der Waals surface area contributed by atoms with Crippen LogP contribution in [0.25, 0.3) is 0 Å². The molecule has 0 saturated heterocycles. The van der Waals surface area contributed by atoms with E-state index in [4.69, 9.17) is 4.74 Å². The lowest BCUT2D eigenvalue weighted by Crippen LogP contribution is -2.37. The lowest BCUT2D eigenvalue weighted by molar-refractivity contribution is -0.140. The first-order valence-electron chi connectivity index (χ1n) is 8.83. The van der Waals surface area contributed by atoms with E-state index in [0.29, 0.717) is 13.0 Å². The number of methoxy groups -OCH3 is 2. The maximum Gasteiger partial charge on any atom is 0.305 e. The van der Waals surface area contributed by atoms with Crippen LogP contribution >= 0.6 is 24.0 Å². The average Bonchev–Trinajstić information content (AvgIpc) is 2.62. The van der Waals surface area contributed by atoms with Crippen LogP contribution in [0.2, 0.25) is 0 Å². The van der Waals surface area contributed by atoms with E-state index in [1.807, 2.05) is 26.0 Å². The molecule has 0 heterocycles. The molecule has 26 heavy (non-hydrogen) atoms. The number of nitrogens with one attached hydrogen (secondary N) is 2. The minimum atomic E-state index is -0.144. The lowest BCUT2D eigenvalue weighted by atomic mass is 10.1. The highest BCUT2D eigenvalue weighted by atomic mass is 127. The van der Waals surface area contributed by atoms with Crippen LogP contribution in [-0.4, -0.2) is 39.2 Å². The van der Waals surface area contributed by atoms with Gasteiger partial charge in [-0.05, 0) is 38.3 Å². The molecule has 0 aliphatic rings. The largest absolute Gasteiger partial charge is 0.496 e. The highest BCUT2D eigenvalue weighted by molar-refractivity contribution is 14.0. The Bertz CT molecular complexity index is 565. The SMILES string of the molecule is CCNC(=NCc1ccc(C)cc1OC)NCCCCCC(=O)OC.I. The third-order valence-electron chi connectivity index (χ3n) is 3.77. The summed E-state index contributed by atoms with van der Waals surface area (Å²) in [6, 6.07) is 6.13. The predicted octanol–water partition coefficient (Wildman–Crippen LogP) is 3.41. The van der Waals surface area contributed by atoms with E-state index in [1.165, 1.54) is 12.7 Å². The summed E-state index contributed by atoms with van der Waals surface area (Å²) in [5.41, 5.74) is 2.23. The predicted molar refractivity (Wildman–Crippen MR) is 116 cm³/mol. The van der Waals surface area contributed by atoms with E-state index in [-0.39, 0.29) is 29.9 Å². The van der Waals surface area contributed by atoms with Crippen molar-refractivity contribution >= 4 is 35.9 Å². The molecule has 1 rings (SSSR count). The van der Waals surface area contributed by atoms with Gasteiger partial charge >= 0.3 is 5.97 Å². The number of halogens is 1. The molecule has 0 radical (unpaired) electrons. The molecule has 1 aromatic rings. The number of unbranched alkanes of at least 4 members (excludes halogenated alkanes) is 2. The van der Waals surface area contributed by atoms with Crippen LogP contribution in [0.15, 0.2) is 23.2 Å². The summed E-state index contributed by atoms with van der Waals surface area (Å²) in [6.07, 6.45) is 3.29. The van der Waals surface area contributed by atoms with Gasteiger partial charge in [0, 0.05) is 25.1 Å². The van der Waals surface area contributed by atoms with Crippen LogP contribution < -0.4 is 15.4 Å². The maximum atomic E-state index is 11.1. The van der Waals surface area contributed by atoms with Gasteiger partial charge in [0.15, 0.2) is 5.96 Å². The fraction of sp³-hybridized carbons (Fsp3) is 0.579. The van der Waals surface area contributed by atoms with E-state index in [1.54, 1.807) is 7.11 Å². The molecule has 0 aromatic heterocycles. The van der Waals surface area contributed by atoms with Gasteiger partial charge in [-0.3, -0.25) is 4.79 Å². The van der Waals surface area contributed by atoms with Gasteiger partial charge in [-0.1, -0.05) is 18.6 Å². The van der Waals surface area contributed by atoms with Gasteiger partial charge in [0.2, 0.25) is 0 Å². The third kappa shape index (κ3) is 9.84. The molecule has 2 N–H and O–H groups in total. The second-order valence-electron chi connectivity index (χ2n) is 5.82. The van der Waals surface area contributed by atoms with Crippen LogP contribution in [-0.2, 0) is 16.1 Å². The summed E-state index contributed by atoms with van der Waals surface area (Å²) in [7, 11) is 3.10. The summed E-state index contributed by atoms with van der Waals surface area (Å²) >= 11 is 0. The van der Waals surface area contributed by atoms with Crippen molar-refractivity contribution in [2.24, 2.45) is 4.99 Å². The number of guanidine groups is 1. The molecule has 0 aliphatic heterocycles. The number of esters is 1. The van der Waals surface area contributed by atoms with Crippen molar-refractivity contribution in [2.45, 2.75) is 46.1 Å². The van der Waals surface area contributed by atoms with E-state index in [2.05, 4.69) is 26.4 Å². The maximum absolute atomic E-state index is 11.1. The third-order valence-corrected chi connectivity index (χ3v) is 3.77. The Labute approximate surface area is 174 Å². The van der Waals surface area contributed by atoms with E-state index in [0.717, 1.165) is 49.6 Å². The van der Waals surface area contributed by atoms with Crippen LogP contribution in [0.3, 0.4) is 0 Å². The Morgan fingerprint density at radius 3 is 2.58 bits per heavy atom. The molecular weight excluding hydrogens is 445 g/mol. The Morgan fingerprint density at radius 2 is 1.92 bits per heavy atom. The molecule has 0 aliphatic carbocycles. The second kappa shape index (κ2) is 14.6. The average molecular weight is 477 g/mol. The Kier molecular flexibility index (Phi) is 13.8. The fourth-order valence-corrected chi connectivity index (χ4v) is 2.37. The quantitative estimate of drug-likeness (QED) is 0.178. The number of hydrogen-bond donors (Lipinski definition) is 2. The molecule has 6 nitrogen and oxygen atoms in total. The van der Waals surface area contributed by atoms with Crippen LogP contribution in [0.1, 0.15) is 43.7 Å². The zero-order valence-corrected chi connectivity index (χ0v) is 18.6. The molecule has 7 heteroatoms. The molecule has 0 amide bonds. The number of hydrogen-bond acceptors (Lipinski definition) is 4. The van der Waals surface area contributed by atoms with Gasteiger partial charge in [-0.2, -0.15) is 0 Å². The zero-order chi connectivity index (χ0) is 18.5. The fourth-order valence-electron chi connectivity index (χ4n) is 2.37. The van der Waals surface area contributed by atoms with Crippen LogP contribution in [0.5, 0.6) is 5.75 Å². The zero-order valence-electron chi connectivity index (χ0n) is 16.3. The Hall–Kier alpha value is -1.51. The molecule has 148 valence electrons. The minimum absolute atomic E-state index is 0. The molecule has 0 bridgehead atoms. The topological polar surface area (TPSA) is 72.0 Å². The van der Waals surface area contributed by atoms with Crippen LogP contribution in [0.4, 0.5) is 0 Å². The van der Waals surface area contributed by atoms with Gasteiger partial charge in [0.25, 0.3) is 0 Å². The van der Waals surface area contributed by atoms with Gasteiger partial charge in [-0.15, -0.1) is 24.0 Å². The van der Waals surface area contributed by atoms with E-state index < -0.39 is 0 Å². The number of carbonyl (C=O) groups excluding carboxylic acids is 1. The summed E-state index contributed by atoms with van der Waals surface area (Å²) < 4.78 is 10.1. The number of carbonyl (C=O) groups is 1. The lowest BCUT2D eigenvalue weighted by Gasteiger charge is -2.12. The molecule has 1 aromatic carbocycles. The van der Waals surface area contributed by atoms with Gasteiger partial charge in [0.05, 0.1) is 20.8 Å². The molecule has 0 saturated carbocycles. The molecule has 0 unspecified atom stereocenters. The molecule has 0 fully saturated rings. The summed E-state index contributed by atoms with van der Waals surface area (Å²) in [5, 5.41) is 6.57. The molecular formula is C19H32IN3O3. The van der Waals surface area contributed by atoms with Crippen molar-refractivity contribution in [1.29, 1.82) is 0 Å². The first-order valence-corrected chi connectivity index (χ1v) is 8.83. The van der Waals surface area contributed by atoms with Gasteiger partial charge in [0.1, 0.15) is 5.75 Å². The molecule has 0 atom stereocenters. The smallest absolute Gasteiger partial charge is 0.305 e. The summed E-state index contributed by atoms with van der Waals surface area (Å²) in [6.45, 7) is 6.26. The number of aryl methyl sites for hydroxylation is 1. The first kappa shape index (κ1) is 24.5. The number of rotatable bonds is 10. The molecule has 0 spiro atoms.